The molecule has 0 amide bonds. The van der Waals surface area contributed by atoms with Gasteiger partial charge < -0.3 is 5.11 Å². The Balaban J connectivity index is 1.98. The highest BCUT2D eigenvalue weighted by atomic mass is 32.2. The van der Waals surface area contributed by atoms with Crippen LogP contribution in [0, 0.1) is 5.82 Å². The smallest absolute Gasteiger partial charge is 0.387 e. The van der Waals surface area contributed by atoms with Gasteiger partial charge >= 0.3 is 6.18 Å². The molecule has 0 aliphatic heterocycles. The number of thiazole rings is 1. The van der Waals surface area contributed by atoms with E-state index in [0.717, 1.165) is 18.0 Å². The van der Waals surface area contributed by atoms with Crippen LogP contribution in [0.3, 0.4) is 0 Å². The number of alkyl halides is 3. The Labute approximate surface area is 120 Å². The summed E-state index contributed by atoms with van der Waals surface area (Å²) in [6.45, 7) is 0. The summed E-state index contributed by atoms with van der Waals surface area (Å²) < 4.78 is 50.1. The minimum atomic E-state index is -4.50. The van der Waals surface area contributed by atoms with Crippen molar-refractivity contribution in [2.45, 2.75) is 17.2 Å². The zero-order valence-corrected chi connectivity index (χ0v) is 11.5. The summed E-state index contributed by atoms with van der Waals surface area (Å²) in [5.74, 6) is -0.273. The standard InChI is InChI=1S/C12H9F4NOS2/c13-7-2-1-3-8(4-7)19-6-9(18)10-5-17-11(20-10)12(14,15)16/h1-5,9,18H,6H2. The minimum Gasteiger partial charge on any atom is -0.387 e. The molecule has 8 heteroatoms. The summed E-state index contributed by atoms with van der Waals surface area (Å²) >= 11 is 1.57. The molecule has 0 spiro atoms. The quantitative estimate of drug-likeness (QED) is 0.678. The highest BCUT2D eigenvalue weighted by molar-refractivity contribution is 7.99. The van der Waals surface area contributed by atoms with Crippen molar-refractivity contribution in [2.75, 3.05) is 5.75 Å². The van der Waals surface area contributed by atoms with Crippen molar-refractivity contribution in [3.8, 4) is 0 Å². The Morgan fingerprint density at radius 2 is 2.10 bits per heavy atom. The first-order valence-corrected chi connectivity index (χ1v) is 7.26. The molecular weight excluding hydrogens is 314 g/mol. The number of aromatic nitrogens is 1. The van der Waals surface area contributed by atoms with E-state index in [9.17, 15) is 22.7 Å². The number of rotatable bonds is 4. The van der Waals surface area contributed by atoms with Crippen LogP contribution in [0.5, 0.6) is 0 Å². The third-order valence-corrected chi connectivity index (χ3v) is 4.51. The Morgan fingerprint density at radius 3 is 2.70 bits per heavy atom. The molecular formula is C12H9F4NOS2. The molecule has 0 radical (unpaired) electrons. The second-order valence-corrected chi connectivity index (χ2v) is 6.01. The number of hydrogen-bond acceptors (Lipinski definition) is 4. The van der Waals surface area contributed by atoms with Gasteiger partial charge in [0, 0.05) is 16.8 Å². The summed E-state index contributed by atoms with van der Waals surface area (Å²) in [6.07, 6.45) is -4.56. The van der Waals surface area contributed by atoms with Crippen LogP contribution in [0.15, 0.2) is 35.4 Å². The summed E-state index contributed by atoms with van der Waals surface area (Å²) in [5.41, 5.74) is 0. The van der Waals surface area contributed by atoms with Gasteiger partial charge in [-0.1, -0.05) is 6.07 Å². The van der Waals surface area contributed by atoms with E-state index in [1.165, 1.54) is 18.2 Å². The fraction of sp³-hybridized carbons (Fsp3) is 0.250. The Bertz CT molecular complexity index is 585. The molecule has 0 bridgehead atoms. The lowest BCUT2D eigenvalue weighted by Crippen LogP contribution is -2.03. The molecule has 1 aromatic heterocycles. The molecule has 1 unspecified atom stereocenters. The van der Waals surface area contributed by atoms with Gasteiger partial charge in [0.1, 0.15) is 5.82 Å². The van der Waals surface area contributed by atoms with Crippen molar-refractivity contribution in [3.05, 3.63) is 46.2 Å². The van der Waals surface area contributed by atoms with Crippen molar-refractivity contribution >= 4 is 23.1 Å². The van der Waals surface area contributed by atoms with E-state index in [0.29, 0.717) is 16.2 Å². The topological polar surface area (TPSA) is 33.1 Å². The first-order chi connectivity index (χ1) is 9.36. The number of hydrogen-bond donors (Lipinski definition) is 1. The summed E-state index contributed by atoms with van der Waals surface area (Å²) in [4.78, 5) is 3.98. The van der Waals surface area contributed by atoms with Crippen LogP contribution in [0.2, 0.25) is 0 Å². The first-order valence-electron chi connectivity index (χ1n) is 5.45. The fourth-order valence-corrected chi connectivity index (χ4v) is 3.16. The lowest BCUT2D eigenvalue weighted by atomic mass is 10.3. The lowest BCUT2D eigenvalue weighted by molar-refractivity contribution is -0.137. The van der Waals surface area contributed by atoms with Crippen LogP contribution < -0.4 is 0 Å². The van der Waals surface area contributed by atoms with Crippen LogP contribution in [-0.4, -0.2) is 15.8 Å². The second kappa shape index (κ2) is 6.11. The summed E-state index contributed by atoms with van der Waals surface area (Å²) in [5, 5.41) is 8.83. The van der Waals surface area contributed by atoms with E-state index in [1.807, 2.05) is 0 Å². The lowest BCUT2D eigenvalue weighted by Gasteiger charge is -2.07. The molecule has 0 aliphatic carbocycles. The van der Waals surface area contributed by atoms with Gasteiger partial charge in [0.25, 0.3) is 0 Å². The molecule has 0 saturated heterocycles. The van der Waals surface area contributed by atoms with Crippen LogP contribution in [0.1, 0.15) is 16.0 Å². The van der Waals surface area contributed by atoms with Gasteiger partial charge in [-0.15, -0.1) is 23.1 Å². The maximum absolute atomic E-state index is 12.9. The maximum atomic E-state index is 12.9. The van der Waals surface area contributed by atoms with Gasteiger partial charge in [0.05, 0.1) is 11.0 Å². The molecule has 0 aliphatic rings. The van der Waals surface area contributed by atoms with Crippen molar-refractivity contribution in [1.29, 1.82) is 0 Å². The van der Waals surface area contributed by atoms with E-state index in [-0.39, 0.29) is 10.6 Å². The van der Waals surface area contributed by atoms with Crippen LogP contribution >= 0.6 is 23.1 Å². The fourth-order valence-electron chi connectivity index (χ4n) is 1.39. The molecule has 2 nitrogen and oxygen atoms in total. The van der Waals surface area contributed by atoms with Gasteiger partial charge in [-0.2, -0.15) is 13.2 Å². The van der Waals surface area contributed by atoms with E-state index in [2.05, 4.69) is 4.98 Å². The number of thioether (sulfide) groups is 1. The summed E-state index contributed by atoms with van der Waals surface area (Å²) in [6, 6.07) is 5.78. The number of aliphatic hydroxyl groups is 1. The first kappa shape index (κ1) is 15.3. The molecule has 1 N–H and O–H groups in total. The SMILES string of the molecule is OC(CSc1cccc(F)c1)c1cnc(C(F)(F)F)s1. The van der Waals surface area contributed by atoms with Gasteiger partial charge in [-0.25, -0.2) is 9.37 Å². The Morgan fingerprint density at radius 1 is 1.35 bits per heavy atom. The third kappa shape index (κ3) is 3.94. The molecule has 2 rings (SSSR count). The maximum Gasteiger partial charge on any atom is 0.443 e. The average molecular weight is 323 g/mol. The average Bonchev–Trinajstić information content (AvgIpc) is 2.85. The van der Waals surface area contributed by atoms with Gasteiger partial charge in [0.15, 0.2) is 5.01 Å². The van der Waals surface area contributed by atoms with Crippen LogP contribution in [-0.2, 0) is 6.18 Å². The van der Waals surface area contributed by atoms with Gasteiger partial charge in [-0.3, -0.25) is 0 Å². The van der Waals surface area contributed by atoms with E-state index >= 15 is 0 Å². The molecule has 0 saturated carbocycles. The van der Waals surface area contributed by atoms with Crippen LogP contribution in [0.4, 0.5) is 17.6 Å². The summed E-state index contributed by atoms with van der Waals surface area (Å²) in [7, 11) is 0. The largest absolute Gasteiger partial charge is 0.443 e. The Hall–Kier alpha value is -1.12. The molecule has 20 heavy (non-hydrogen) atoms. The zero-order valence-electron chi connectivity index (χ0n) is 9.89. The monoisotopic (exact) mass is 323 g/mol. The van der Waals surface area contributed by atoms with Crippen molar-refractivity contribution in [1.82, 2.24) is 4.98 Å². The van der Waals surface area contributed by atoms with Crippen molar-refractivity contribution in [3.63, 3.8) is 0 Å². The van der Waals surface area contributed by atoms with E-state index in [4.69, 9.17) is 0 Å². The zero-order chi connectivity index (χ0) is 14.8. The molecule has 1 aromatic carbocycles. The highest BCUT2D eigenvalue weighted by Crippen LogP contribution is 2.35. The van der Waals surface area contributed by atoms with Crippen molar-refractivity contribution < 1.29 is 22.7 Å². The molecule has 0 fully saturated rings. The third-order valence-electron chi connectivity index (χ3n) is 2.30. The second-order valence-electron chi connectivity index (χ2n) is 3.85. The number of nitrogens with zero attached hydrogens (tertiary/aromatic N) is 1. The highest BCUT2D eigenvalue weighted by Gasteiger charge is 2.35. The molecule has 1 atom stereocenters. The number of halogens is 4. The predicted molar refractivity (Wildman–Crippen MR) is 69.2 cm³/mol. The molecule has 1 heterocycles. The van der Waals surface area contributed by atoms with Gasteiger partial charge in [0.2, 0.25) is 0 Å². The van der Waals surface area contributed by atoms with Gasteiger partial charge in [-0.05, 0) is 18.2 Å². The van der Waals surface area contributed by atoms with Crippen molar-refractivity contribution in [2.24, 2.45) is 0 Å². The molecule has 2 aromatic rings. The van der Waals surface area contributed by atoms with E-state index < -0.39 is 23.1 Å². The minimum absolute atomic E-state index is 0.128. The van der Waals surface area contributed by atoms with E-state index in [1.54, 1.807) is 6.07 Å². The normalized spacial score (nSPS) is 13.4. The Kier molecular flexibility index (Phi) is 4.66. The number of benzene rings is 1. The molecule has 108 valence electrons. The predicted octanol–water partition coefficient (Wildman–Crippen LogP) is 4.13. The number of aliphatic hydroxyl groups excluding tert-OH is 1. The van der Waals surface area contributed by atoms with Crippen LogP contribution in [0.25, 0.3) is 0 Å².